The van der Waals surface area contributed by atoms with E-state index in [0.29, 0.717) is 5.75 Å². The highest BCUT2D eigenvalue weighted by Gasteiger charge is 2.15. The summed E-state index contributed by atoms with van der Waals surface area (Å²) in [7, 11) is 0. The van der Waals surface area contributed by atoms with Gasteiger partial charge in [0.1, 0.15) is 5.75 Å². The van der Waals surface area contributed by atoms with Gasteiger partial charge in [-0.3, -0.25) is 5.43 Å². The largest absolute Gasteiger partial charge is 0.476 e. The van der Waals surface area contributed by atoms with Crippen molar-refractivity contribution in [1.29, 1.82) is 0 Å². The van der Waals surface area contributed by atoms with Crippen LogP contribution >= 0.6 is 0 Å². The molecule has 0 aliphatic carbocycles. The van der Waals surface area contributed by atoms with Gasteiger partial charge < -0.3 is 20.5 Å². The third-order valence-electron chi connectivity index (χ3n) is 3.11. The van der Waals surface area contributed by atoms with E-state index in [1.807, 2.05) is 18.2 Å². The number of hydrogen-bond acceptors (Lipinski definition) is 6. The van der Waals surface area contributed by atoms with Crippen molar-refractivity contribution in [1.82, 2.24) is 5.43 Å². The molecule has 1 aromatic rings. The van der Waals surface area contributed by atoms with Gasteiger partial charge in [-0.2, -0.15) is 0 Å². The molecule has 0 bridgehead atoms. The molecule has 6 N–H and O–H groups in total. The van der Waals surface area contributed by atoms with Gasteiger partial charge in [0.2, 0.25) is 5.88 Å². The number of carbonyl (C=O) groups is 1. The van der Waals surface area contributed by atoms with Crippen LogP contribution in [0, 0.1) is 0 Å². The first-order chi connectivity index (χ1) is 9.61. The van der Waals surface area contributed by atoms with Crippen LogP contribution in [0.5, 0.6) is 5.75 Å². The number of hydrazine groups is 1. The Morgan fingerprint density at radius 3 is 2.65 bits per heavy atom. The Balaban J connectivity index is 2.18. The molecule has 1 aliphatic rings. The molecule has 0 unspecified atom stereocenters. The average molecular weight is 278 g/mol. The SMILES string of the molecule is NN/C(Oc1cccc(N2CCCC2)c1)=C(\N)C(=O)O. The third kappa shape index (κ3) is 3.12. The van der Waals surface area contributed by atoms with E-state index in [1.54, 1.807) is 6.07 Å². The van der Waals surface area contributed by atoms with E-state index in [9.17, 15) is 4.79 Å². The fourth-order valence-electron chi connectivity index (χ4n) is 2.10. The molecule has 0 radical (unpaired) electrons. The second-order valence-corrected chi connectivity index (χ2v) is 4.49. The Morgan fingerprint density at radius 2 is 2.05 bits per heavy atom. The zero-order valence-electron chi connectivity index (χ0n) is 11.0. The van der Waals surface area contributed by atoms with Crippen molar-refractivity contribution in [3.63, 3.8) is 0 Å². The number of carboxylic acids is 1. The minimum atomic E-state index is -1.30. The molecule has 1 heterocycles. The molecule has 7 nitrogen and oxygen atoms in total. The Kier molecular flexibility index (Phi) is 4.31. The van der Waals surface area contributed by atoms with Gasteiger partial charge in [-0.05, 0) is 25.0 Å². The first-order valence-corrected chi connectivity index (χ1v) is 6.34. The Labute approximate surface area is 116 Å². The van der Waals surface area contributed by atoms with Crippen LogP contribution in [-0.2, 0) is 4.79 Å². The molecule has 0 amide bonds. The molecule has 0 atom stereocenters. The Morgan fingerprint density at radius 1 is 1.35 bits per heavy atom. The van der Waals surface area contributed by atoms with Crippen molar-refractivity contribution in [3.05, 3.63) is 35.8 Å². The van der Waals surface area contributed by atoms with Gasteiger partial charge in [0.05, 0.1) is 0 Å². The van der Waals surface area contributed by atoms with Gasteiger partial charge in [0.25, 0.3) is 0 Å². The lowest BCUT2D eigenvalue weighted by atomic mass is 10.3. The summed E-state index contributed by atoms with van der Waals surface area (Å²) in [6, 6.07) is 7.37. The molecule has 0 spiro atoms. The number of ether oxygens (including phenoxy) is 1. The quantitative estimate of drug-likeness (QED) is 0.266. The molecule has 7 heteroatoms. The van der Waals surface area contributed by atoms with Crippen molar-refractivity contribution < 1.29 is 14.6 Å². The standard InChI is InChI=1S/C13H18N4O3/c14-11(13(18)19)12(16-15)20-10-5-3-4-9(8-10)17-6-1-2-7-17/h3-5,8,16H,1-2,6-7,14-15H2,(H,18,19)/b12-11+. The molecule has 108 valence electrons. The van der Waals surface area contributed by atoms with Crippen LogP contribution in [0.4, 0.5) is 5.69 Å². The fraction of sp³-hybridized carbons (Fsp3) is 0.308. The van der Waals surface area contributed by atoms with E-state index in [0.717, 1.165) is 18.8 Å². The molecular weight excluding hydrogens is 260 g/mol. The smallest absolute Gasteiger partial charge is 0.357 e. The number of nitrogens with zero attached hydrogens (tertiary/aromatic N) is 1. The summed E-state index contributed by atoms with van der Waals surface area (Å²) in [4.78, 5) is 13.0. The number of nitrogens with two attached hydrogens (primary N) is 2. The first-order valence-electron chi connectivity index (χ1n) is 6.34. The minimum absolute atomic E-state index is 0.184. The van der Waals surface area contributed by atoms with Crippen LogP contribution in [0.1, 0.15) is 12.8 Å². The highest BCUT2D eigenvalue weighted by Crippen LogP contribution is 2.25. The maximum absolute atomic E-state index is 10.8. The van der Waals surface area contributed by atoms with Crippen molar-refractivity contribution >= 4 is 11.7 Å². The fourth-order valence-corrected chi connectivity index (χ4v) is 2.10. The van der Waals surface area contributed by atoms with Crippen LogP contribution < -0.4 is 26.6 Å². The summed E-state index contributed by atoms with van der Waals surface area (Å²) in [5, 5.41) is 8.82. The lowest BCUT2D eigenvalue weighted by Gasteiger charge is -2.18. The highest BCUT2D eigenvalue weighted by atomic mass is 16.5. The summed E-state index contributed by atoms with van der Waals surface area (Å²) in [5.74, 6) is 4.23. The van der Waals surface area contributed by atoms with Crippen LogP contribution in [-0.4, -0.2) is 24.2 Å². The van der Waals surface area contributed by atoms with E-state index in [-0.39, 0.29) is 5.88 Å². The topological polar surface area (TPSA) is 114 Å². The second kappa shape index (κ2) is 6.16. The minimum Gasteiger partial charge on any atom is -0.476 e. The predicted octanol–water partition coefficient (Wildman–Crippen LogP) is 0.341. The zero-order chi connectivity index (χ0) is 14.5. The maximum atomic E-state index is 10.8. The summed E-state index contributed by atoms with van der Waals surface area (Å²) in [6.07, 6.45) is 2.35. The number of nitrogens with one attached hydrogen (secondary N) is 1. The predicted molar refractivity (Wildman–Crippen MR) is 74.7 cm³/mol. The van der Waals surface area contributed by atoms with Gasteiger partial charge in [0, 0.05) is 24.8 Å². The Hall–Kier alpha value is -2.41. The third-order valence-corrected chi connectivity index (χ3v) is 3.11. The highest BCUT2D eigenvalue weighted by molar-refractivity contribution is 5.85. The van der Waals surface area contributed by atoms with E-state index in [1.165, 1.54) is 12.8 Å². The zero-order valence-corrected chi connectivity index (χ0v) is 11.0. The molecule has 20 heavy (non-hydrogen) atoms. The molecule has 1 aliphatic heterocycles. The first kappa shape index (κ1) is 14.0. The van der Waals surface area contributed by atoms with Gasteiger partial charge in [0.15, 0.2) is 5.70 Å². The van der Waals surface area contributed by atoms with Crippen molar-refractivity contribution in [2.45, 2.75) is 12.8 Å². The molecule has 1 fully saturated rings. The van der Waals surface area contributed by atoms with Crippen molar-refractivity contribution in [3.8, 4) is 5.75 Å². The van der Waals surface area contributed by atoms with Crippen LogP contribution in [0.3, 0.4) is 0 Å². The lowest BCUT2D eigenvalue weighted by Crippen LogP contribution is -2.31. The van der Waals surface area contributed by atoms with Crippen LogP contribution in [0.2, 0.25) is 0 Å². The van der Waals surface area contributed by atoms with E-state index >= 15 is 0 Å². The van der Waals surface area contributed by atoms with Crippen molar-refractivity contribution in [2.75, 3.05) is 18.0 Å². The summed E-state index contributed by atoms with van der Waals surface area (Å²) >= 11 is 0. The number of rotatable bonds is 5. The number of anilines is 1. The average Bonchev–Trinajstić information content (AvgIpc) is 2.98. The molecular formula is C13H18N4O3. The number of benzene rings is 1. The normalized spacial score (nSPS) is 15.8. The molecule has 2 rings (SSSR count). The van der Waals surface area contributed by atoms with Gasteiger partial charge in [-0.15, -0.1) is 0 Å². The molecule has 1 saturated heterocycles. The number of hydrogen-bond donors (Lipinski definition) is 4. The number of carboxylic acid groups (broad SMARTS) is 1. The van der Waals surface area contributed by atoms with Gasteiger partial charge >= 0.3 is 5.97 Å². The summed E-state index contributed by atoms with van der Waals surface area (Å²) in [6.45, 7) is 2.02. The number of aliphatic carboxylic acids is 1. The monoisotopic (exact) mass is 278 g/mol. The Bertz CT molecular complexity index is 524. The molecule has 0 aromatic heterocycles. The lowest BCUT2D eigenvalue weighted by molar-refractivity contribution is -0.132. The molecule has 0 saturated carbocycles. The van der Waals surface area contributed by atoms with Crippen LogP contribution in [0.15, 0.2) is 35.8 Å². The van der Waals surface area contributed by atoms with Crippen molar-refractivity contribution in [2.24, 2.45) is 11.6 Å². The van der Waals surface area contributed by atoms with E-state index < -0.39 is 11.7 Å². The summed E-state index contributed by atoms with van der Waals surface area (Å²) < 4.78 is 5.40. The maximum Gasteiger partial charge on any atom is 0.357 e. The van der Waals surface area contributed by atoms with Gasteiger partial charge in [-0.1, -0.05) is 6.07 Å². The summed E-state index contributed by atoms with van der Waals surface area (Å²) in [5.41, 5.74) is 8.10. The second-order valence-electron chi connectivity index (χ2n) is 4.49. The van der Waals surface area contributed by atoms with Gasteiger partial charge in [-0.25, -0.2) is 10.6 Å². The molecule has 1 aromatic carbocycles. The van der Waals surface area contributed by atoms with Crippen LogP contribution in [0.25, 0.3) is 0 Å². The van der Waals surface area contributed by atoms with E-state index in [2.05, 4.69) is 10.3 Å². The van der Waals surface area contributed by atoms with E-state index in [4.69, 9.17) is 21.4 Å².